The quantitative estimate of drug-likeness (QED) is 0.413. The van der Waals surface area contributed by atoms with E-state index in [2.05, 4.69) is 51.5 Å². The average Bonchev–Trinajstić information content (AvgIpc) is 3.35. The molecule has 8 nitrogen and oxygen atoms in total. The first-order valence-corrected chi connectivity index (χ1v) is 12.7. The number of nitrogens with zero attached hydrogens (tertiary/aromatic N) is 5. The van der Waals surface area contributed by atoms with Gasteiger partial charge in [-0.15, -0.1) is 5.10 Å². The fourth-order valence-corrected chi connectivity index (χ4v) is 5.41. The Morgan fingerprint density at radius 1 is 1.11 bits per heavy atom. The van der Waals surface area contributed by atoms with Crippen LogP contribution < -0.4 is 10.3 Å². The molecule has 1 N–H and O–H groups in total. The zero-order valence-corrected chi connectivity index (χ0v) is 21.5. The highest BCUT2D eigenvalue weighted by Gasteiger charge is 2.33. The van der Waals surface area contributed by atoms with Crippen LogP contribution in [0.1, 0.15) is 66.2 Å². The smallest absolute Gasteiger partial charge is 0.253 e. The molecule has 2 aromatic carbocycles. The Morgan fingerprint density at radius 3 is 2.58 bits per heavy atom. The minimum absolute atomic E-state index is 0.0946. The zero-order valence-electron chi connectivity index (χ0n) is 21.5. The number of nitrogens with one attached hydrogen (secondary N) is 1. The molecule has 1 saturated carbocycles. The lowest BCUT2D eigenvalue weighted by molar-refractivity contribution is 0.149. The Hall–Kier alpha value is -3.52. The fourth-order valence-electron chi connectivity index (χ4n) is 5.41. The highest BCUT2D eigenvalue weighted by atomic mass is 16.5. The number of fused-ring (bicyclic) bond motifs is 1. The number of H-pyrrole nitrogens is 1. The lowest BCUT2D eigenvalue weighted by Gasteiger charge is -2.36. The van der Waals surface area contributed by atoms with Gasteiger partial charge in [-0.3, -0.25) is 9.69 Å². The summed E-state index contributed by atoms with van der Waals surface area (Å²) >= 11 is 0. The predicted octanol–water partition coefficient (Wildman–Crippen LogP) is 4.54. The van der Waals surface area contributed by atoms with Crippen molar-refractivity contribution in [3.8, 4) is 5.75 Å². The van der Waals surface area contributed by atoms with Crippen LogP contribution in [0.3, 0.4) is 0 Å². The third-order valence-corrected chi connectivity index (χ3v) is 7.73. The van der Waals surface area contributed by atoms with Gasteiger partial charge in [-0.05, 0) is 84.4 Å². The SMILES string of the molecule is COc1ccc(Cn2nnnc2C(c2cc3ccc(C)c(C)c3[nH]c2=O)N(C)C2CCCCC2)cc1. The number of ether oxygens (including phenoxy) is 1. The number of hydrogen-bond donors (Lipinski definition) is 1. The predicted molar refractivity (Wildman–Crippen MR) is 140 cm³/mol. The summed E-state index contributed by atoms with van der Waals surface area (Å²) in [6, 6.07) is 14.1. The van der Waals surface area contributed by atoms with Crippen molar-refractivity contribution in [2.75, 3.05) is 14.2 Å². The molecule has 4 aromatic rings. The minimum atomic E-state index is -0.365. The molecule has 1 fully saturated rings. The number of methoxy groups -OCH3 is 1. The van der Waals surface area contributed by atoms with Crippen molar-refractivity contribution in [3.63, 3.8) is 0 Å². The van der Waals surface area contributed by atoms with Gasteiger partial charge < -0.3 is 9.72 Å². The largest absolute Gasteiger partial charge is 0.497 e. The van der Waals surface area contributed by atoms with E-state index in [1.807, 2.05) is 41.9 Å². The monoisotopic (exact) mass is 486 g/mol. The van der Waals surface area contributed by atoms with E-state index >= 15 is 0 Å². The molecule has 0 saturated heterocycles. The van der Waals surface area contributed by atoms with Crippen LogP contribution in [-0.4, -0.2) is 50.3 Å². The van der Waals surface area contributed by atoms with Crippen molar-refractivity contribution in [1.29, 1.82) is 0 Å². The summed E-state index contributed by atoms with van der Waals surface area (Å²) in [5.74, 6) is 1.48. The van der Waals surface area contributed by atoms with Gasteiger partial charge in [0.25, 0.3) is 5.56 Å². The second-order valence-electron chi connectivity index (χ2n) is 9.93. The van der Waals surface area contributed by atoms with Crippen LogP contribution >= 0.6 is 0 Å². The van der Waals surface area contributed by atoms with E-state index in [1.165, 1.54) is 19.3 Å². The molecule has 0 aliphatic heterocycles. The maximum atomic E-state index is 13.6. The van der Waals surface area contributed by atoms with Gasteiger partial charge in [0.2, 0.25) is 0 Å². The Bertz CT molecular complexity index is 1400. The first-order chi connectivity index (χ1) is 17.5. The molecule has 2 heterocycles. The lowest BCUT2D eigenvalue weighted by atomic mass is 9.92. The molecule has 0 bridgehead atoms. The van der Waals surface area contributed by atoms with Gasteiger partial charge in [-0.2, -0.15) is 0 Å². The number of aromatic amines is 1. The van der Waals surface area contributed by atoms with E-state index in [-0.39, 0.29) is 11.6 Å². The van der Waals surface area contributed by atoms with Crippen LogP contribution in [0.15, 0.2) is 47.3 Å². The molecule has 8 heteroatoms. The molecule has 2 aromatic heterocycles. The summed E-state index contributed by atoms with van der Waals surface area (Å²) in [5.41, 5.74) is 4.78. The first kappa shape index (κ1) is 24.2. The number of tetrazole rings is 1. The number of aryl methyl sites for hydroxylation is 2. The van der Waals surface area contributed by atoms with Crippen molar-refractivity contribution in [2.24, 2.45) is 0 Å². The summed E-state index contributed by atoms with van der Waals surface area (Å²) in [7, 11) is 3.77. The Kier molecular flexibility index (Phi) is 6.87. The summed E-state index contributed by atoms with van der Waals surface area (Å²) in [5, 5.41) is 13.9. The molecular weight excluding hydrogens is 452 g/mol. The lowest BCUT2D eigenvalue weighted by Crippen LogP contribution is -2.40. The summed E-state index contributed by atoms with van der Waals surface area (Å²) in [6.07, 6.45) is 5.88. The summed E-state index contributed by atoms with van der Waals surface area (Å²) < 4.78 is 7.11. The molecule has 1 unspecified atom stereocenters. The normalized spacial score (nSPS) is 15.5. The van der Waals surface area contributed by atoms with Gasteiger partial charge in [0.1, 0.15) is 11.8 Å². The summed E-state index contributed by atoms with van der Waals surface area (Å²) in [6.45, 7) is 4.62. The van der Waals surface area contributed by atoms with Crippen LogP contribution in [0, 0.1) is 13.8 Å². The third kappa shape index (κ3) is 4.65. The van der Waals surface area contributed by atoms with E-state index in [4.69, 9.17) is 4.74 Å². The van der Waals surface area contributed by atoms with Gasteiger partial charge in [0.15, 0.2) is 5.82 Å². The molecule has 36 heavy (non-hydrogen) atoms. The molecule has 0 spiro atoms. The van der Waals surface area contributed by atoms with Crippen LogP contribution in [0.4, 0.5) is 0 Å². The number of rotatable bonds is 7. The Balaban J connectivity index is 1.60. The third-order valence-electron chi connectivity index (χ3n) is 7.73. The van der Waals surface area contributed by atoms with Crippen molar-refractivity contribution in [2.45, 2.75) is 64.6 Å². The first-order valence-electron chi connectivity index (χ1n) is 12.7. The maximum Gasteiger partial charge on any atom is 0.253 e. The second kappa shape index (κ2) is 10.2. The van der Waals surface area contributed by atoms with E-state index in [0.717, 1.165) is 46.2 Å². The summed E-state index contributed by atoms with van der Waals surface area (Å²) in [4.78, 5) is 19.1. The maximum absolute atomic E-state index is 13.6. The number of pyridine rings is 1. The molecular formula is C28H34N6O2. The van der Waals surface area contributed by atoms with E-state index in [9.17, 15) is 4.79 Å². The van der Waals surface area contributed by atoms with Crippen LogP contribution in [-0.2, 0) is 6.54 Å². The molecule has 5 rings (SSSR count). The van der Waals surface area contributed by atoms with Gasteiger partial charge in [-0.25, -0.2) is 4.68 Å². The molecule has 1 atom stereocenters. The van der Waals surface area contributed by atoms with Crippen molar-refractivity contribution >= 4 is 10.9 Å². The average molecular weight is 487 g/mol. The van der Waals surface area contributed by atoms with Gasteiger partial charge >= 0.3 is 0 Å². The molecule has 1 aliphatic rings. The highest BCUT2D eigenvalue weighted by molar-refractivity contribution is 5.83. The minimum Gasteiger partial charge on any atom is -0.497 e. The van der Waals surface area contributed by atoms with Crippen molar-refractivity contribution in [1.82, 2.24) is 30.1 Å². The highest BCUT2D eigenvalue weighted by Crippen LogP contribution is 2.33. The molecule has 0 radical (unpaired) electrons. The van der Waals surface area contributed by atoms with E-state index in [1.54, 1.807) is 7.11 Å². The number of aromatic nitrogens is 5. The second-order valence-corrected chi connectivity index (χ2v) is 9.93. The standard InChI is InChI=1S/C28H34N6O2/c1-18-10-13-21-16-24(28(35)29-25(21)19(18)2)26(33(3)22-8-6-5-7-9-22)27-30-31-32-34(27)17-20-11-14-23(36-4)15-12-20/h10-16,22,26H,5-9,17H2,1-4H3,(H,29,35). The van der Waals surface area contributed by atoms with Gasteiger partial charge in [-0.1, -0.05) is 43.5 Å². The fraction of sp³-hybridized carbons (Fsp3) is 0.429. The Morgan fingerprint density at radius 2 is 1.86 bits per heavy atom. The van der Waals surface area contributed by atoms with Crippen LogP contribution in [0.5, 0.6) is 5.75 Å². The van der Waals surface area contributed by atoms with Crippen LogP contribution in [0.2, 0.25) is 0 Å². The van der Waals surface area contributed by atoms with Crippen molar-refractivity contribution < 1.29 is 4.74 Å². The Labute approximate surface area is 211 Å². The number of benzene rings is 2. The molecule has 188 valence electrons. The van der Waals surface area contributed by atoms with E-state index in [0.29, 0.717) is 24.0 Å². The number of hydrogen-bond acceptors (Lipinski definition) is 6. The van der Waals surface area contributed by atoms with Crippen molar-refractivity contribution in [3.05, 3.63) is 80.9 Å². The van der Waals surface area contributed by atoms with Crippen LogP contribution in [0.25, 0.3) is 10.9 Å². The zero-order chi connectivity index (χ0) is 25.2. The van der Waals surface area contributed by atoms with E-state index < -0.39 is 0 Å². The topological polar surface area (TPSA) is 88.9 Å². The molecule has 0 amide bonds. The van der Waals surface area contributed by atoms with Gasteiger partial charge in [0.05, 0.1) is 19.2 Å². The van der Waals surface area contributed by atoms with Gasteiger partial charge in [0, 0.05) is 11.6 Å². The molecule has 1 aliphatic carbocycles.